The van der Waals surface area contributed by atoms with Crippen LogP contribution in [0.4, 0.5) is 4.39 Å². The number of Topliss-reactive ketones (excluding diaryl/α,β-unsaturated/α-hetero) is 1. The Labute approximate surface area is 123 Å². The first-order valence-electron chi connectivity index (χ1n) is 6.44. The van der Waals surface area contributed by atoms with Gasteiger partial charge in [-0.05, 0) is 31.5 Å². The molecule has 0 aliphatic carbocycles. The Balaban J connectivity index is 2.28. The minimum Gasteiger partial charge on any atom is -0.298 e. The highest BCUT2D eigenvalue weighted by atomic mass is 35.5. The van der Waals surface area contributed by atoms with Crippen molar-refractivity contribution in [2.75, 3.05) is 0 Å². The topological polar surface area (TPSA) is 17.1 Å². The molecule has 0 saturated carbocycles. The van der Waals surface area contributed by atoms with Crippen molar-refractivity contribution in [3.8, 4) is 0 Å². The first kappa shape index (κ1) is 14.7. The van der Waals surface area contributed by atoms with Gasteiger partial charge in [0.2, 0.25) is 0 Å². The molecule has 0 N–H and O–H groups in total. The Hall–Kier alpha value is -1.67. The summed E-state index contributed by atoms with van der Waals surface area (Å²) >= 11 is 5.98. The number of carbonyl (C=O) groups is 1. The van der Waals surface area contributed by atoms with Crippen LogP contribution in [0, 0.1) is 5.82 Å². The van der Waals surface area contributed by atoms with E-state index in [9.17, 15) is 9.18 Å². The van der Waals surface area contributed by atoms with Crippen molar-refractivity contribution in [2.45, 2.75) is 25.7 Å². The summed E-state index contributed by atoms with van der Waals surface area (Å²) < 4.78 is 13.8. The van der Waals surface area contributed by atoms with E-state index in [2.05, 4.69) is 0 Å². The van der Waals surface area contributed by atoms with Gasteiger partial charge >= 0.3 is 0 Å². The van der Waals surface area contributed by atoms with Crippen LogP contribution in [0.1, 0.15) is 25.0 Å². The molecule has 0 aromatic heterocycles. The predicted octanol–water partition coefficient (Wildman–Crippen LogP) is 4.57. The molecule has 0 bridgehead atoms. The lowest BCUT2D eigenvalue weighted by Crippen LogP contribution is -2.30. The number of rotatable bonds is 4. The van der Waals surface area contributed by atoms with E-state index < -0.39 is 11.2 Å². The van der Waals surface area contributed by atoms with E-state index >= 15 is 0 Å². The van der Waals surface area contributed by atoms with Crippen LogP contribution in [-0.4, -0.2) is 5.78 Å². The van der Waals surface area contributed by atoms with Crippen molar-refractivity contribution in [3.05, 3.63) is 70.5 Å². The molecule has 1 nitrogen and oxygen atoms in total. The molecular weight excluding hydrogens is 275 g/mol. The Morgan fingerprint density at radius 3 is 2.35 bits per heavy atom. The molecule has 2 rings (SSSR count). The molecular formula is C17H16ClFO. The molecule has 0 fully saturated rings. The smallest absolute Gasteiger partial charge is 0.147 e. The van der Waals surface area contributed by atoms with E-state index in [1.807, 2.05) is 44.2 Å². The van der Waals surface area contributed by atoms with Gasteiger partial charge in [0.15, 0.2) is 0 Å². The Morgan fingerprint density at radius 2 is 1.75 bits per heavy atom. The fourth-order valence-electron chi connectivity index (χ4n) is 2.10. The van der Waals surface area contributed by atoms with Gasteiger partial charge in [-0.3, -0.25) is 4.79 Å². The first-order valence-corrected chi connectivity index (χ1v) is 6.82. The lowest BCUT2D eigenvalue weighted by atomic mass is 9.78. The van der Waals surface area contributed by atoms with Crippen molar-refractivity contribution in [1.82, 2.24) is 0 Å². The molecule has 0 saturated heterocycles. The molecule has 0 spiro atoms. The predicted molar refractivity (Wildman–Crippen MR) is 79.6 cm³/mol. The van der Waals surface area contributed by atoms with Crippen LogP contribution in [0.25, 0.3) is 0 Å². The molecule has 104 valence electrons. The average Bonchev–Trinajstić information content (AvgIpc) is 2.43. The standard InChI is InChI=1S/C17H16ClFO/c1-17(2,12-7-4-3-5-8-12)16(20)11-13-14(18)9-6-10-15(13)19/h3-10H,11H2,1-2H3. The van der Waals surface area contributed by atoms with E-state index in [1.165, 1.54) is 12.1 Å². The van der Waals surface area contributed by atoms with Gasteiger partial charge < -0.3 is 0 Å². The van der Waals surface area contributed by atoms with Crippen molar-refractivity contribution in [2.24, 2.45) is 0 Å². The molecule has 3 heteroatoms. The SMILES string of the molecule is CC(C)(C(=O)Cc1c(F)cccc1Cl)c1ccccc1. The second kappa shape index (κ2) is 5.76. The van der Waals surface area contributed by atoms with Gasteiger partial charge in [-0.25, -0.2) is 4.39 Å². The summed E-state index contributed by atoms with van der Waals surface area (Å²) in [6.45, 7) is 3.69. The summed E-state index contributed by atoms with van der Waals surface area (Å²) in [5.41, 5.74) is 0.507. The molecule has 20 heavy (non-hydrogen) atoms. The first-order chi connectivity index (χ1) is 9.43. The molecule has 0 aliphatic heterocycles. The largest absolute Gasteiger partial charge is 0.298 e. The fraction of sp³-hybridized carbons (Fsp3) is 0.235. The summed E-state index contributed by atoms with van der Waals surface area (Å²) in [6, 6.07) is 13.9. The summed E-state index contributed by atoms with van der Waals surface area (Å²) in [7, 11) is 0. The van der Waals surface area contributed by atoms with E-state index in [0.717, 1.165) is 5.56 Å². The highest BCUT2D eigenvalue weighted by Gasteiger charge is 2.30. The normalized spacial score (nSPS) is 11.4. The van der Waals surface area contributed by atoms with Gasteiger partial charge in [-0.2, -0.15) is 0 Å². The summed E-state index contributed by atoms with van der Waals surface area (Å²) in [5, 5.41) is 0.294. The third kappa shape index (κ3) is 2.91. The lowest BCUT2D eigenvalue weighted by molar-refractivity contribution is -0.122. The minimum atomic E-state index is -0.674. The Kier molecular flexibility index (Phi) is 4.24. The summed E-state index contributed by atoms with van der Waals surface area (Å²) in [5.74, 6) is -0.495. The number of halogens is 2. The lowest BCUT2D eigenvalue weighted by Gasteiger charge is -2.24. The Morgan fingerprint density at radius 1 is 1.10 bits per heavy atom. The number of carbonyl (C=O) groups excluding carboxylic acids is 1. The zero-order valence-corrected chi connectivity index (χ0v) is 12.2. The zero-order valence-electron chi connectivity index (χ0n) is 11.5. The summed E-state index contributed by atoms with van der Waals surface area (Å²) in [6.07, 6.45) is -0.00655. The quantitative estimate of drug-likeness (QED) is 0.806. The fourth-order valence-corrected chi connectivity index (χ4v) is 2.33. The maximum absolute atomic E-state index is 13.8. The van der Waals surface area contributed by atoms with Crippen LogP contribution < -0.4 is 0 Å². The van der Waals surface area contributed by atoms with Crippen LogP contribution >= 0.6 is 11.6 Å². The van der Waals surface area contributed by atoms with Crippen LogP contribution in [-0.2, 0) is 16.6 Å². The second-order valence-corrected chi connectivity index (χ2v) is 5.70. The van der Waals surface area contributed by atoms with Crippen molar-refractivity contribution >= 4 is 17.4 Å². The van der Waals surface area contributed by atoms with Crippen molar-refractivity contribution < 1.29 is 9.18 Å². The van der Waals surface area contributed by atoms with Gasteiger partial charge in [-0.1, -0.05) is 48.0 Å². The molecule has 0 atom stereocenters. The van der Waals surface area contributed by atoms with Gasteiger partial charge in [-0.15, -0.1) is 0 Å². The van der Waals surface area contributed by atoms with E-state index in [-0.39, 0.29) is 17.8 Å². The molecule has 0 aliphatic rings. The average molecular weight is 291 g/mol. The minimum absolute atomic E-state index is 0.00655. The monoisotopic (exact) mass is 290 g/mol. The van der Waals surface area contributed by atoms with Crippen LogP contribution in [0.5, 0.6) is 0 Å². The molecule has 0 heterocycles. The zero-order chi connectivity index (χ0) is 14.8. The molecule has 2 aromatic rings. The van der Waals surface area contributed by atoms with E-state index in [1.54, 1.807) is 6.07 Å². The number of hydrogen-bond donors (Lipinski definition) is 0. The van der Waals surface area contributed by atoms with Gasteiger partial charge in [0.1, 0.15) is 11.6 Å². The highest BCUT2D eigenvalue weighted by Crippen LogP contribution is 2.28. The summed E-state index contributed by atoms with van der Waals surface area (Å²) in [4.78, 5) is 12.5. The maximum atomic E-state index is 13.8. The number of hydrogen-bond acceptors (Lipinski definition) is 1. The van der Waals surface area contributed by atoms with Gasteiger partial charge in [0, 0.05) is 22.4 Å². The molecule has 2 aromatic carbocycles. The third-order valence-electron chi connectivity index (χ3n) is 3.59. The van der Waals surface area contributed by atoms with E-state index in [4.69, 9.17) is 11.6 Å². The number of benzene rings is 2. The van der Waals surface area contributed by atoms with Crippen molar-refractivity contribution in [1.29, 1.82) is 0 Å². The van der Waals surface area contributed by atoms with Gasteiger partial charge in [0.05, 0.1) is 0 Å². The maximum Gasteiger partial charge on any atom is 0.147 e. The number of ketones is 1. The molecule has 0 radical (unpaired) electrons. The highest BCUT2D eigenvalue weighted by molar-refractivity contribution is 6.31. The van der Waals surface area contributed by atoms with Gasteiger partial charge in [0.25, 0.3) is 0 Å². The molecule has 0 unspecified atom stereocenters. The third-order valence-corrected chi connectivity index (χ3v) is 3.95. The van der Waals surface area contributed by atoms with E-state index in [0.29, 0.717) is 5.02 Å². The molecule has 0 amide bonds. The van der Waals surface area contributed by atoms with Crippen LogP contribution in [0.15, 0.2) is 48.5 Å². The van der Waals surface area contributed by atoms with Crippen molar-refractivity contribution in [3.63, 3.8) is 0 Å². The van der Waals surface area contributed by atoms with Crippen LogP contribution in [0.2, 0.25) is 5.02 Å². The van der Waals surface area contributed by atoms with Crippen LogP contribution in [0.3, 0.4) is 0 Å². The Bertz CT molecular complexity index is 600. The second-order valence-electron chi connectivity index (χ2n) is 5.29.